The number of aromatic nitrogens is 4. The van der Waals surface area contributed by atoms with Gasteiger partial charge in [0.05, 0.1) is 6.61 Å². The number of hydrogen-bond donors (Lipinski definition) is 5. The summed E-state index contributed by atoms with van der Waals surface area (Å²) in [5, 5.41) is 34.6. The van der Waals surface area contributed by atoms with E-state index < -0.39 is 31.1 Å². The Bertz CT molecular complexity index is 671. The van der Waals surface area contributed by atoms with Crippen LogP contribution in [0.3, 0.4) is 0 Å². The standard InChI is InChI=1S/C12H16N6O4/c1-13-10-6-7(15-3-16-10)11(17-4-14-6)18-12-9(21)8(20)5(2-19)22-12/h3-5,8-9,12,19-21H,2H2,1H3,(H,13,15,16)(H,14,17,18)/t5-,8-,9-,12-/m1/s1. The molecule has 1 saturated heterocycles. The molecule has 0 unspecified atom stereocenters. The molecule has 10 nitrogen and oxygen atoms in total. The lowest BCUT2D eigenvalue weighted by Crippen LogP contribution is -2.36. The number of rotatable bonds is 4. The van der Waals surface area contributed by atoms with Gasteiger partial charge < -0.3 is 30.7 Å². The molecule has 22 heavy (non-hydrogen) atoms. The average Bonchev–Trinajstić information content (AvgIpc) is 2.82. The lowest BCUT2D eigenvalue weighted by atomic mass is 10.1. The SMILES string of the molecule is CNc1ncnc2c(N[C@@H]3O[C@H](CO)[C@@H](O)[C@H]3O)ncnc12. The van der Waals surface area contributed by atoms with Crippen LogP contribution >= 0.6 is 0 Å². The molecule has 1 aliphatic heterocycles. The number of ether oxygens (including phenoxy) is 1. The Morgan fingerprint density at radius 3 is 2.27 bits per heavy atom. The van der Waals surface area contributed by atoms with Crippen molar-refractivity contribution in [3.05, 3.63) is 12.7 Å². The molecular weight excluding hydrogens is 292 g/mol. The van der Waals surface area contributed by atoms with Crippen LogP contribution in [0.4, 0.5) is 11.6 Å². The fourth-order valence-corrected chi connectivity index (χ4v) is 2.32. The quantitative estimate of drug-likeness (QED) is 0.443. The van der Waals surface area contributed by atoms with Crippen LogP contribution < -0.4 is 10.6 Å². The fraction of sp³-hybridized carbons (Fsp3) is 0.500. The summed E-state index contributed by atoms with van der Waals surface area (Å²) in [4.78, 5) is 16.4. The summed E-state index contributed by atoms with van der Waals surface area (Å²) in [6.45, 7) is -0.396. The molecule has 0 bridgehead atoms. The van der Waals surface area contributed by atoms with E-state index in [-0.39, 0.29) is 0 Å². The predicted octanol–water partition coefficient (Wildman–Crippen LogP) is -1.69. The lowest BCUT2D eigenvalue weighted by Gasteiger charge is -2.17. The molecule has 10 heteroatoms. The first-order chi connectivity index (χ1) is 10.7. The maximum atomic E-state index is 9.96. The van der Waals surface area contributed by atoms with Crippen LogP contribution in [0.2, 0.25) is 0 Å². The summed E-state index contributed by atoms with van der Waals surface area (Å²) < 4.78 is 5.36. The van der Waals surface area contributed by atoms with Crippen LogP contribution in [0.15, 0.2) is 12.7 Å². The van der Waals surface area contributed by atoms with Gasteiger partial charge in [-0.1, -0.05) is 0 Å². The van der Waals surface area contributed by atoms with E-state index in [1.165, 1.54) is 12.7 Å². The van der Waals surface area contributed by atoms with Gasteiger partial charge >= 0.3 is 0 Å². The van der Waals surface area contributed by atoms with Crippen LogP contribution in [-0.4, -0.2) is 73.4 Å². The number of aliphatic hydroxyl groups excluding tert-OH is 3. The third kappa shape index (κ3) is 2.41. The first kappa shape index (κ1) is 14.8. The first-order valence-corrected chi connectivity index (χ1v) is 6.68. The van der Waals surface area contributed by atoms with Crippen molar-refractivity contribution >= 4 is 22.7 Å². The first-order valence-electron chi connectivity index (χ1n) is 6.68. The maximum absolute atomic E-state index is 9.96. The molecular formula is C12H16N6O4. The minimum Gasteiger partial charge on any atom is -0.394 e. The molecule has 3 heterocycles. The molecule has 118 valence electrons. The molecule has 4 atom stereocenters. The molecule has 1 aliphatic rings. The summed E-state index contributed by atoms with van der Waals surface area (Å²) >= 11 is 0. The zero-order valence-corrected chi connectivity index (χ0v) is 11.7. The van der Waals surface area contributed by atoms with Gasteiger partial charge in [-0.05, 0) is 0 Å². The van der Waals surface area contributed by atoms with Gasteiger partial charge in [0.15, 0.2) is 17.9 Å². The van der Waals surface area contributed by atoms with E-state index in [1.807, 2.05) is 0 Å². The van der Waals surface area contributed by atoms with E-state index in [9.17, 15) is 10.2 Å². The van der Waals surface area contributed by atoms with Gasteiger partial charge in [-0.25, -0.2) is 19.9 Å². The topological polar surface area (TPSA) is 146 Å². The summed E-state index contributed by atoms with van der Waals surface area (Å²) in [5.41, 5.74) is 0.953. The Labute approximate surface area is 125 Å². The van der Waals surface area contributed by atoms with E-state index in [1.54, 1.807) is 7.05 Å². The van der Waals surface area contributed by atoms with Crippen molar-refractivity contribution in [1.29, 1.82) is 0 Å². The van der Waals surface area contributed by atoms with Gasteiger partial charge in [0.25, 0.3) is 0 Å². The predicted molar refractivity (Wildman–Crippen MR) is 76.1 cm³/mol. The number of aliphatic hydroxyl groups is 3. The maximum Gasteiger partial charge on any atom is 0.158 e. The van der Waals surface area contributed by atoms with Gasteiger partial charge in [0, 0.05) is 7.05 Å². The van der Waals surface area contributed by atoms with Crippen molar-refractivity contribution < 1.29 is 20.1 Å². The molecule has 1 fully saturated rings. The Morgan fingerprint density at radius 2 is 1.68 bits per heavy atom. The van der Waals surface area contributed by atoms with E-state index in [2.05, 4.69) is 30.6 Å². The number of nitrogens with one attached hydrogen (secondary N) is 2. The van der Waals surface area contributed by atoms with Crippen LogP contribution in [0, 0.1) is 0 Å². The number of hydrogen-bond acceptors (Lipinski definition) is 10. The Balaban J connectivity index is 1.92. The second-order valence-electron chi connectivity index (χ2n) is 4.79. The molecule has 5 N–H and O–H groups in total. The zero-order chi connectivity index (χ0) is 15.7. The van der Waals surface area contributed by atoms with Gasteiger partial charge in [0.1, 0.15) is 42.0 Å². The highest BCUT2D eigenvalue weighted by atomic mass is 16.6. The van der Waals surface area contributed by atoms with Crippen molar-refractivity contribution in [3.63, 3.8) is 0 Å². The highest BCUT2D eigenvalue weighted by molar-refractivity contribution is 5.91. The van der Waals surface area contributed by atoms with Crippen molar-refractivity contribution in [2.45, 2.75) is 24.5 Å². The lowest BCUT2D eigenvalue weighted by molar-refractivity contribution is -0.0153. The van der Waals surface area contributed by atoms with Gasteiger partial charge in [-0.15, -0.1) is 0 Å². The van der Waals surface area contributed by atoms with Crippen molar-refractivity contribution in [1.82, 2.24) is 19.9 Å². The van der Waals surface area contributed by atoms with E-state index in [0.717, 1.165) is 0 Å². The Kier molecular flexibility index (Phi) is 3.98. The summed E-state index contributed by atoms with van der Waals surface area (Å²) in [7, 11) is 1.71. The van der Waals surface area contributed by atoms with E-state index in [0.29, 0.717) is 22.7 Å². The molecule has 3 rings (SSSR count). The molecule has 0 spiro atoms. The van der Waals surface area contributed by atoms with Crippen LogP contribution in [0.5, 0.6) is 0 Å². The zero-order valence-electron chi connectivity index (χ0n) is 11.7. The van der Waals surface area contributed by atoms with Crippen LogP contribution in [0.25, 0.3) is 11.0 Å². The fourth-order valence-electron chi connectivity index (χ4n) is 2.32. The van der Waals surface area contributed by atoms with Crippen molar-refractivity contribution in [2.75, 3.05) is 24.3 Å². The number of fused-ring (bicyclic) bond motifs is 1. The average molecular weight is 308 g/mol. The highest BCUT2D eigenvalue weighted by Crippen LogP contribution is 2.26. The van der Waals surface area contributed by atoms with E-state index >= 15 is 0 Å². The third-order valence-electron chi connectivity index (χ3n) is 3.48. The molecule has 0 radical (unpaired) electrons. The second-order valence-corrected chi connectivity index (χ2v) is 4.79. The van der Waals surface area contributed by atoms with Crippen molar-refractivity contribution in [3.8, 4) is 0 Å². The minimum absolute atomic E-state index is 0.332. The number of nitrogens with zero attached hydrogens (tertiary/aromatic N) is 4. The summed E-state index contributed by atoms with van der Waals surface area (Å²) in [6, 6.07) is 0. The molecule has 0 saturated carbocycles. The molecule has 0 aromatic carbocycles. The Hall–Kier alpha value is -2.14. The normalized spacial score (nSPS) is 28.0. The van der Waals surface area contributed by atoms with Crippen molar-refractivity contribution in [2.24, 2.45) is 0 Å². The van der Waals surface area contributed by atoms with Gasteiger partial charge in [0.2, 0.25) is 0 Å². The van der Waals surface area contributed by atoms with Crippen LogP contribution in [-0.2, 0) is 4.74 Å². The molecule has 0 amide bonds. The Morgan fingerprint density at radius 1 is 1.05 bits per heavy atom. The van der Waals surface area contributed by atoms with Gasteiger partial charge in [-0.2, -0.15) is 0 Å². The van der Waals surface area contributed by atoms with Gasteiger partial charge in [-0.3, -0.25) is 0 Å². The molecule has 2 aromatic heterocycles. The highest BCUT2D eigenvalue weighted by Gasteiger charge is 2.42. The van der Waals surface area contributed by atoms with E-state index in [4.69, 9.17) is 9.84 Å². The smallest absolute Gasteiger partial charge is 0.158 e. The third-order valence-corrected chi connectivity index (χ3v) is 3.48. The summed E-state index contributed by atoms with van der Waals surface area (Å²) in [5.74, 6) is 0.871. The van der Waals surface area contributed by atoms with Crippen LogP contribution in [0.1, 0.15) is 0 Å². The monoisotopic (exact) mass is 308 g/mol. The second kappa shape index (κ2) is 5.93. The molecule has 2 aromatic rings. The number of anilines is 2. The largest absolute Gasteiger partial charge is 0.394 e. The minimum atomic E-state index is -1.20. The molecule has 0 aliphatic carbocycles. The summed E-state index contributed by atoms with van der Waals surface area (Å²) in [6.07, 6.45) is -1.47.